The molecule has 1 unspecified atom stereocenters. The molecule has 0 bridgehead atoms. The van der Waals surface area contributed by atoms with Crippen LogP contribution >= 0.6 is 0 Å². The molecule has 0 aromatic heterocycles. The second-order valence-corrected chi connectivity index (χ2v) is 10.5. The van der Waals surface area contributed by atoms with Crippen LogP contribution in [0.3, 0.4) is 0 Å². The zero-order valence-corrected chi connectivity index (χ0v) is 13.9. The molecule has 0 N–H and O–H groups in total. The van der Waals surface area contributed by atoms with Crippen LogP contribution in [-0.4, -0.2) is 8.32 Å². The summed E-state index contributed by atoms with van der Waals surface area (Å²) in [5.74, 6) is 2.14. The summed E-state index contributed by atoms with van der Waals surface area (Å²) >= 11 is 0. The Bertz CT molecular complexity index is 248. The summed E-state index contributed by atoms with van der Waals surface area (Å²) in [4.78, 5) is 0. The molecule has 0 aromatic rings. The van der Waals surface area contributed by atoms with Gasteiger partial charge in [0, 0.05) is 6.42 Å². The Balaban J connectivity index is 2.61. The highest BCUT2D eigenvalue weighted by molar-refractivity contribution is 6.73. The maximum absolute atomic E-state index is 6.54. The van der Waals surface area contributed by atoms with E-state index < -0.39 is 8.32 Å². The predicted octanol–water partition coefficient (Wildman–Crippen LogP) is 5.88. The van der Waals surface area contributed by atoms with Crippen molar-refractivity contribution < 1.29 is 4.43 Å². The van der Waals surface area contributed by atoms with Gasteiger partial charge in [-0.2, -0.15) is 0 Å². The topological polar surface area (TPSA) is 9.23 Å². The smallest absolute Gasteiger partial charge is 0.250 e. The van der Waals surface area contributed by atoms with Crippen LogP contribution < -0.4 is 0 Å². The summed E-state index contributed by atoms with van der Waals surface area (Å²) in [5.41, 5.74) is 0. The fourth-order valence-electron chi connectivity index (χ4n) is 2.99. The zero-order chi connectivity index (χ0) is 13.4. The van der Waals surface area contributed by atoms with Gasteiger partial charge in [-0.15, -0.1) is 0 Å². The van der Waals surface area contributed by atoms with E-state index in [1.54, 1.807) is 0 Å². The zero-order valence-electron chi connectivity index (χ0n) is 12.9. The molecule has 0 aliphatic heterocycles. The van der Waals surface area contributed by atoms with Crippen LogP contribution in [0.4, 0.5) is 0 Å². The van der Waals surface area contributed by atoms with E-state index >= 15 is 0 Å². The van der Waals surface area contributed by atoms with E-state index in [1.807, 2.05) is 0 Å². The standard InChI is InChI=1S/C16H32OSi/c1-5-9-11-15-12-10-13-16(14-15)17-18(6-2,7-3)8-4/h14-15H,5-13H2,1-4H3. The molecule has 1 atom stereocenters. The Morgan fingerprint density at radius 3 is 2.39 bits per heavy atom. The lowest BCUT2D eigenvalue weighted by Crippen LogP contribution is -2.35. The Kier molecular flexibility index (Phi) is 7.06. The Labute approximate surface area is 115 Å². The van der Waals surface area contributed by atoms with Crippen LogP contribution in [-0.2, 0) is 4.43 Å². The highest BCUT2D eigenvalue weighted by Gasteiger charge is 2.32. The second kappa shape index (κ2) is 8.03. The second-order valence-electron chi connectivity index (χ2n) is 5.77. The first-order chi connectivity index (χ1) is 8.69. The first-order valence-corrected chi connectivity index (χ1v) is 10.6. The molecule has 0 aromatic carbocycles. The molecule has 1 nitrogen and oxygen atoms in total. The molecule has 18 heavy (non-hydrogen) atoms. The van der Waals surface area contributed by atoms with E-state index in [1.165, 1.54) is 62.4 Å². The summed E-state index contributed by atoms with van der Waals surface area (Å²) < 4.78 is 6.54. The van der Waals surface area contributed by atoms with Crippen LogP contribution in [0.2, 0.25) is 18.1 Å². The van der Waals surface area contributed by atoms with Crippen molar-refractivity contribution in [2.75, 3.05) is 0 Å². The van der Waals surface area contributed by atoms with Gasteiger partial charge in [-0.25, -0.2) is 0 Å². The quantitative estimate of drug-likeness (QED) is 0.499. The van der Waals surface area contributed by atoms with Gasteiger partial charge < -0.3 is 4.43 Å². The number of hydrogen-bond donors (Lipinski definition) is 0. The average Bonchev–Trinajstić information content (AvgIpc) is 2.43. The lowest BCUT2D eigenvalue weighted by molar-refractivity contribution is 0.340. The minimum atomic E-state index is -1.43. The molecule has 0 spiro atoms. The molecule has 0 saturated carbocycles. The van der Waals surface area contributed by atoms with Crippen molar-refractivity contribution >= 4 is 8.32 Å². The van der Waals surface area contributed by atoms with Crippen LogP contribution in [0.5, 0.6) is 0 Å². The van der Waals surface area contributed by atoms with Gasteiger partial charge >= 0.3 is 0 Å². The monoisotopic (exact) mass is 268 g/mol. The molecule has 1 aliphatic carbocycles. The summed E-state index contributed by atoms with van der Waals surface area (Å²) in [6.45, 7) is 9.23. The minimum Gasteiger partial charge on any atom is -0.547 e. The van der Waals surface area contributed by atoms with Crippen LogP contribution in [0, 0.1) is 5.92 Å². The van der Waals surface area contributed by atoms with Crippen molar-refractivity contribution in [2.45, 2.75) is 84.4 Å². The number of hydrogen-bond acceptors (Lipinski definition) is 1. The maximum Gasteiger partial charge on any atom is 0.250 e. The van der Waals surface area contributed by atoms with Crippen molar-refractivity contribution in [3.8, 4) is 0 Å². The van der Waals surface area contributed by atoms with Crippen molar-refractivity contribution in [3.63, 3.8) is 0 Å². The average molecular weight is 269 g/mol. The van der Waals surface area contributed by atoms with E-state index in [0.717, 1.165) is 5.92 Å². The van der Waals surface area contributed by atoms with Gasteiger partial charge in [-0.1, -0.05) is 40.5 Å². The van der Waals surface area contributed by atoms with Gasteiger partial charge in [-0.3, -0.25) is 0 Å². The molecular weight excluding hydrogens is 236 g/mol. The summed E-state index contributed by atoms with van der Waals surface area (Å²) in [7, 11) is -1.43. The SMILES string of the molecule is CCCCC1C=C(O[Si](CC)(CC)CC)CCC1. The van der Waals surface area contributed by atoms with Gasteiger partial charge in [0.25, 0.3) is 0 Å². The minimum absolute atomic E-state index is 0.797. The molecule has 2 heteroatoms. The van der Waals surface area contributed by atoms with Gasteiger partial charge in [0.05, 0.1) is 5.76 Å². The van der Waals surface area contributed by atoms with Gasteiger partial charge in [0.1, 0.15) is 0 Å². The van der Waals surface area contributed by atoms with E-state index in [0.29, 0.717) is 0 Å². The third kappa shape index (κ3) is 4.45. The van der Waals surface area contributed by atoms with Crippen molar-refractivity contribution in [2.24, 2.45) is 5.92 Å². The highest BCUT2D eigenvalue weighted by atomic mass is 28.4. The van der Waals surface area contributed by atoms with Crippen LogP contribution in [0.25, 0.3) is 0 Å². The predicted molar refractivity (Wildman–Crippen MR) is 83.2 cm³/mol. The number of unbranched alkanes of at least 4 members (excludes halogenated alkanes) is 1. The van der Waals surface area contributed by atoms with E-state index in [4.69, 9.17) is 4.43 Å². The molecule has 0 heterocycles. The molecule has 0 fully saturated rings. The third-order valence-electron chi connectivity index (χ3n) is 4.63. The number of rotatable bonds is 8. The van der Waals surface area contributed by atoms with Crippen molar-refractivity contribution in [1.29, 1.82) is 0 Å². The van der Waals surface area contributed by atoms with E-state index in [2.05, 4.69) is 33.8 Å². The van der Waals surface area contributed by atoms with Gasteiger partial charge in [0.2, 0.25) is 8.32 Å². The maximum atomic E-state index is 6.54. The normalized spacial score (nSPS) is 20.7. The van der Waals surface area contributed by atoms with Crippen LogP contribution in [0.1, 0.15) is 66.2 Å². The Hall–Kier alpha value is -0.243. The summed E-state index contributed by atoms with van der Waals surface area (Å²) in [6, 6.07) is 3.78. The first-order valence-electron chi connectivity index (χ1n) is 8.09. The molecule has 106 valence electrons. The molecular formula is C16H32OSi. The Morgan fingerprint density at radius 1 is 1.17 bits per heavy atom. The largest absolute Gasteiger partial charge is 0.547 e. The molecule has 0 saturated heterocycles. The van der Waals surface area contributed by atoms with Crippen molar-refractivity contribution in [3.05, 3.63) is 11.8 Å². The molecule has 0 radical (unpaired) electrons. The van der Waals surface area contributed by atoms with Gasteiger partial charge in [-0.05, 0) is 49.4 Å². The highest BCUT2D eigenvalue weighted by Crippen LogP contribution is 2.32. The van der Waals surface area contributed by atoms with Crippen molar-refractivity contribution in [1.82, 2.24) is 0 Å². The summed E-state index contributed by atoms with van der Waals surface area (Å²) in [6.07, 6.45) is 10.4. The fraction of sp³-hybridized carbons (Fsp3) is 0.875. The first kappa shape index (κ1) is 15.8. The lowest BCUT2D eigenvalue weighted by atomic mass is 9.90. The van der Waals surface area contributed by atoms with Crippen LogP contribution in [0.15, 0.2) is 11.8 Å². The number of allylic oxidation sites excluding steroid dienone is 2. The van der Waals surface area contributed by atoms with E-state index in [-0.39, 0.29) is 0 Å². The molecule has 1 aliphatic rings. The van der Waals surface area contributed by atoms with Gasteiger partial charge in [0.15, 0.2) is 0 Å². The molecule has 0 amide bonds. The molecule has 1 rings (SSSR count). The fourth-order valence-corrected chi connectivity index (χ4v) is 5.65. The third-order valence-corrected chi connectivity index (χ3v) is 9.19. The van der Waals surface area contributed by atoms with E-state index in [9.17, 15) is 0 Å². The lowest BCUT2D eigenvalue weighted by Gasteiger charge is -2.33. The summed E-state index contributed by atoms with van der Waals surface area (Å²) in [5, 5.41) is 0. The Morgan fingerprint density at radius 2 is 1.83 bits per heavy atom.